The van der Waals surface area contributed by atoms with Gasteiger partial charge >= 0.3 is 0 Å². The molecule has 4 rings (SSSR count). The summed E-state index contributed by atoms with van der Waals surface area (Å²) in [5.41, 5.74) is 3.19. The van der Waals surface area contributed by atoms with Crippen LogP contribution in [0.5, 0.6) is 5.75 Å². The SMILES string of the molecule is Cc1cc(C)c2c(c1)OC1(CCN(C(=O)c3cccc(C#N)c3)CC1)CC2=O. The maximum absolute atomic E-state index is 12.8. The zero-order chi connectivity index (χ0) is 19.9. The number of carbonyl (C=O) groups is 2. The van der Waals surface area contributed by atoms with Gasteiger partial charge in [0, 0.05) is 31.5 Å². The molecule has 2 aromatic rings. The second-order valence-electron chi connectivity index (χ2n) is 7.82. The number of ketones is 1. The molecule has 28 heavy (non-hydrogen) atoms. The topological polar surface area (TPSA) is 70.4 Å². The van der Waals surface area contributed by atoms with Gasteiger partial charge in [0.25, 0.3) is 5.91 Å². The number of hydrogen-bond acceptors (Lipinski definition) is 4. The van der Waals surface area contributed by atoms with E-state index in [0.717, 1.165) is 11.1 Å². The highest BCUT2D eigenvalue weighted by atomic mass is 16.5. The molecule has 5 heteroatoms. The maximum atomic E-state index is 12.8. The van der Waals surface area contributed by atoms with Gasteiger partial charge in [0.05, 0.1) is 23.6 Å². The highest BCUT2D eigenvalue weighted by Crippen LogP contribution is 2.41. The fraction of sp³-hybridized carbons (Fsp3) is 0.348. The summed E-state index contributed by atoms with van der Waals surface area (Å²) >= 11 is 0. The van der Waals surface area contributed by atoms with Gasteiger partial charge in [-0.3, -0.25) is 9.59 Å². The average molecular weight is 374 g/mol. The van der Waals surface area contributed by atoms with E-state index in [1.165, 1.54) is 0 Å². The van der Waals surface area contributed by atoms with Gasteiger partial charge in [-0.05, 0) is 49.2 Å². The van der Waals surface area contributed by atoms with E-state index in [0.29, 0.717) is 54.8 Å². The second-order valence-corrected chi connectivity index (χ2v) is 7.82. The monoisotopic (exact) mass is 374 g/mol. The summed E-state index contributed by atoms with van der Waals surface area (Å²) in [6.45, 7) is 5.01. The smallest absolute Gasteiger partial charge is 0.253 e. The molecular weight excluding hydrogens is 352 g/mol. The highest BCUT2D eigenvalue weighted by Gasteiger charge is 2.44. The van der Waals surface area contributed by atoms with Crippen LogP contribution in [0.1, 0.15) is 56.7 Å². The predicted octanol–water partition coefficient (Wildman–Crippen LogP) is 3.82. The van der Waals surface area contributed by atoms with Gasteiger partial charge < -0.3 is 9.64 Å². The summed E-state index contributed by atoms with van der Waals surface area (Å²) in [5, 5.41) is 9.04. The quantitative estimate of drug-likeness (QED) is 0.761. The van der Waals surface area contributed by atoms with Gasteiger partial charge in [0.1, 0.15) is 11.4 Å². The van der Waals surface area contributed by atoms with Crippen molar-refractivity contribution in [2.75, 3.05) is 13.1 Å². The molecule has 0 atom stereocenters. The lowest BCUT2D eigenvalue weighted by atomic mass is 9.81. The molecule has 1 saturated heterocycles. The minimum absolute atomic E-state index is 0.0822. The molecule has 5 nitrogen and oxygen atoms in total. The molecule has 0 radical (unpaired) electrons. The largest absolute Gasteiger partial charge is 0.486 e. The van der Waals surface area contributed by atoms with E-state index in [1.54, 1.807) is 29.2 Å². The summed E-state index contributed by atoms with van der Waals surface area (Å²) in [6, 6.07) is 12.8. The number of benzene rings is 2. The van der Waals surface area contributed by atoms with Crippen LogP contribution in [0, 0.1) is 25.2 Å². The Balaban J connectivity index is 1.51. The lowest BCUT2D eigenvalue weighted by Crippen LogP contribution is -2.52. The highest BCUT2D eigenvalue weighted by molar-refractivity contribution is 6.02. The zero-order valence-electron chi connectivity index (χ0n) is 16.1. The molecule has 0 aliphatic carbocycles. The lowest BCUT2D eigenvalue weighted by molar-refractivity contribution is -0.00581. The molecular formula is C23H22N2O3. The van der Waals surface area contributed by atoms with Crippen LogP contribution >= 0.6 is 0 Å². The van der Waals surface area contributed by atoms with Crippen LogP contribution in [0.3, 0.4) is 0 Å². The van der Waals surface area contributed by atoms with Crippen LogP contribution < -0.4 is 4.74 Å². The van der Waals surface area contributed by atoms with E-state index < -0.39 is 5.60 Å². The van der Waals surface area contributed by atoms with Crippen molar-refractivity contribution < 1.29 is 14.3 Å². The van der Waals surface area contributed by atoms with Crippen molar-refractivity contribution in [2.45, 2.75) is 38.7 Å². The predicted molar refractivity (Wildman–Crippen MR) is 105 cm³/mol. The Kier molecular flexibility index (Phi) is 4.43. The van der Waals surface area contributed by atoms with Crippen molar-refractivity contribution in [3.05, 3.63) is 64.2 Å². The van der Waals surface area contributed by atoms with Crippen molar-refractivity contribution in [2.24, 2.45) is 0 Å². The Morgan fingerprint density at radius 3 is 2.64 bits per heavy atom. The Labute approximate surface area is 164 Å². The number of ether oxygens (including phenoxy) is 1. The second kappa shape index (κ2) is 6.79. The van der Waals surface area contributed by atoms with Gasteiger partial charge in [-0.1, -0.05) is 12.1 Å². The van der Waals surface area contributed by atoms with E-state index in [4.69, 9.17) is 10.00 Å². The normalized spacial score (nSPS) is 17.6. The molecule has 142 valence electrons. The molecule has 0 bridgehead atoms. The minimum atomic E-state index is -0.532. The van der Waals surface area contributed by atoms with Gasteiger partial charge in [-0.15, -0.1) is 0 Å². The van der Waals surface area contributed by atoms with Crippen LogP contribution in [0.25, 0.3) is 0 Å². The fourth-order valence-corrected chi connectivity index (χ4v) is 4.32. The summed E-state index contributed by atoms with van der Waals surface area (Å²) in [5.74, 6) is 0.719. The number of aryl methyl sites for hydroxylation is 2. The van der Waals surface area contributed by atoms with Crippen LogP contribution in [0.2, 0.25) is 0 Å². The first-order valence-electron chi connectivity index (χ1n) is 9.54. The number of nitriles is 1. The van der Waals surface area contributed by atoms with Crippen molar-refractivity contribution in [1.29, 1.82) is 5.26 Å². The molecule has 2 heterocycles. The number of Topliss-reactive ketones (excluding diaryl/α,β-unsaturated/α-hetero) is 1. The van der Waals surface area contributed by atoms with E-state index in [9.17, 15) is 9.59 Å². The van der Waals surface area contributed by atoms with E-state index in [1.807, 2.05) is 26.0 Å². The molecule has 0 N–H and O–H groups in total. The number of likely N-dealkylation sites (tertiary alicyclic amines) is 1. The zero-order valence-corrected chi connectivity index (χ0v) is 16.1. The molecule has 1 fully saturated rings. The molecule has 0 unspecified atom stereocenters. The van der Waals surface area contributed by atoms with E-state index in [-0.39, 0.29) is 11.7 Å². The van der Waals surface area contributed by atoms with Gasteiger partial charge in [0.2, 0.25) is 0 Å². The Morgan fingerprint density at radius 1 is 1.18 bits per heavy atom. The van der Waals surface area contributed by atoms with Crippen LogP contribution in [0.4, 0.5) is 0 Å². The van der Waals surface area contributed by atoms with Gasteiger partial charge in [-0.2, -0.15) is 5.26 Å². The molecule has 0 aromatic heterocycles. The first-order valence-corrected chi connectivity index (χ1v) is 9.54. The van der Waals surface area contributed by atoms with Crippen LogP contribution in [-0.2, 0) is 0 Å². The number of rotatable bonds is 1. The summed E-state index contributed by atoms with van der Waals surface area (Å²) < 4.78 is 6.36. The molecule has 2 aliphatic rings. The Morgan fingerprint density at radius 2 is 1.93 bits per heavy atom. The van der Waals surface area contributed by atoms with Crippen molar-refractivity contribution in [1.82, 2.24) is 4.90 Å². The Bertz CT molecular complexity index is 1010. The standard InChI is InChI=1S/C23H22N2O3/c1-15-10-16(2)21-19(26)13-23(28-20(21)11-15)6-8-25(9-7-23)22(27)18-5-3-4-17(12-18)14-24/h3-5,10-12H,6-9,13H2,1-2H3. The Hall–Kier alpha value is -3.13. The van der Waals surface area contributed by atoms with Crippen LogP contribution in [-0.4, -0.2) is 35.3 Å². The summed E-state index contributed by atoms with van der Waals surface area (Å²) in [4.78, 5) is 27.4. The molecule has 1 spiro atoms. The summed E-state index contributed by atoms with van der Waals surface area (Å²) in [6.07, 6.45) is 1.60. The fourth-order valence-electron chi connectivity index (χ4n) is 4.32. The lowest BCUT2D eigenvalue weighted by Gasteiger charge is -2.44. The molecule has 2 aromatic carbocycles. The number of nitrogens with zero attached hydrogens (tertiary/aromatic N) is 2. The minimum Gasteiger partial charge on any atom is -0.486 e. The third-order valence-corrected chi connectivity index (χ3v) is 5.73. The number of hydrogen-bond donors (Lipinski definition) is 0. The molecule has 0 saturated carbocycles. The van der Waals surface area contributed by atoms with E-state index in [2.05, 4.69) is 6.07 Å². The van der Waals surface area contributed by atoms with Crippen molar-refractivity contribution in [3.63, 3.8) is 0 Å². The number of fused-ring (bicyclic) bond motifs is 1. The van der Waals surface area contributed by atoms with Crippen molar-refractivity contribution >= 4 is 11.7 Å². The third kappa shape index (κ3) is 3.16. The number of piperidine rings is 1. The van der Waals surface area contributed by atoms with E-state index >= 15 is 0 Å². The third-order valence-electron chi connectivity index (χ3n) is 5.73. The maximum Gasteiger partial charge on any atom is 0.253 e. The average Bonchev–Trinajstić information content (AvgIpc) is 2.67. The first-order chi connectivity index (χ1) is 13.4. The summed E-state index contributed by atoms with van der Waals surface area (Å²) in [7, 11) is 0. The number of carbonyl (C=O) groups excluding carboxylic acids is 2. The van der Waals surface area contributed by atoms with Crippen molar-refractivity contribution in [3.8, 4) is 11.8 Å². The van der Waals surface area contributed by atoms with Crippen LogP contribution in [0.15, 0.2) is 36.4 Å². The van der Waals surface area contributed by atoms with Gasteiger partial charge in [-0.25, -0.2) is 0 Å². The van der Waals surface area contributed by atoms with Gasteiger partial charge in [0.15, 0.2) is 5.78 Å². The number of amides is 1. The molecule has 2 aliphatic heterocycles. The molecule has 1 amide bonds. The first kappa shape index (κ1) is 18.2.